The van der Waals surface area contributed by atoms with Crippen LogP contribution in [-0.4, -0.2) is 48.1 Å². The molecule has 0 spiro atoms. The molecule has 0 aliphatic rings. The number of fused-ring (bicyclic) bond motifs is 1. The fourth-order valence-corrected chi connectivity index (χ4v) is 3.88. The first kappa shape index (κ1) is 19.6. The summed E-state index contributed by atoms with van der Waals surface area (Å²) in [7, 11) is 0. The Bertz CT molecular complexity index is 1100. The molecular formula is C19H18BrN7OS. The zero-order valence-corrected chi connectivity index (χ0v) is 17.9. The summed E-state index contributed by atoms with van der Waals surface area (Å²) in [5.74, 6) is 1.41. The average Bonchev–Trinajstić information content (AvgIpc) is 3.40. The van der Waals surface area contributed by atoms with Crippen molar-refractivity contribution in [2.75, 3.05) is 12.0 Å². The summed E-state index contributed by atoms with van der Waals surface area (Å²) in [5.41, 5.74) is 2.89. The number of nitrogens with zero attached hydrogens (tertiary/aromatic N) is 5. The maximum absolute atomic E-state index is 13.2. The van der Waals surface area contributed by atoms with E-state index in [1.807, 2.05) is 36.6 Å². The van der Waals surface area contributed by atoms with Crippen LogP contribution in [-0.2, 0) is 0 Å². The Kier molecular flexibility index (Phi) is 5.91. The number of rotatable bonds is 7. The number of carbonyl (C=O) groups is 1. The molecule has 0 aliphatic heterocycles. The number of benzene rings is 2. The molecule has 0 aliphatic carbocycles. The number of amides is 1. The molecule has 29 heavy (non-hydrogen) atoms. The molecule has 2 aromatic carbocycles. The van der Waals surface area contributed by atoms with Crippen LogP contribution in [0.15, 0.2) is 53.3 Å². The minimum Gasteiger partial charge on any atom is -0.342 e. The Morgan fingerprint density at radius 1 is 1.31 bits per heavy atom. The quantitative estimate of drug-likeness (QED) is 0.427. The third-order valence-electron chi connectivity index (χ3n) is 4.45. The van der Waals surface area contributed by atoms with Crippen LogP contribution in [0, 0.1) is 0 Å². The number of para-hydroxylation sites is 2. The van der Waals surface area contributed by atoms with Gasteiger partial charge in [-0.1, -0.05) is 28.1 Å². The van der Waals surface area contributed by atoms with Crippen LogP contribution in [0.4, 0.5) is 0 Å². The van der Waals surface area contributed by atoms with Crippen LogP contribution >= 0.6 is 27.7 Å². The summed E-state index contributed by atoms with van der Waals surface area (Å²) < 4.78 is 2.27. The lowest BCUT2D eigenvalue weighted by Crippen LogP contribution is -2.30. The van der Waals surface area contributed by atoms with Gasteiger partial charge in [0.1, 0.15) is 12.2 Å². The van der Waals surface area contributed by atoms with Crippen molar-refractivity contribution in [3.63, 3.8) is 0 Å². The monoisotopic (exact) mass is 471 g/mol. The van der Waals surface area contributed by atoms with Crippen LogP contribution < -0.4 is 5.32 Å². The summed E-state index contributed by atoms with van der Waals surface area (Å²) in [5, 5.41) is 14.4. The lowest BCUT2D eigenvalue weighted by Gasteiger charge is -2.17. The summed E-state index contributed by atoms with van der Waals surface area (Å²) in [6.45, 7) is 0. The summed E-state index contributed by atoms with van der Waals surface area (Å²) in [6.07, 6.45) is 4.26. The molecule has 0 saturated carbocycles. The zero-order chi connectivity index (χ0) is 20.2. The maximum Gasteiger partial charge on any atom is 0.254 e. The molecule has 10 heteroatoms. The number of carbonyl (C=O) groups excluding carboxylic acids is 1. The van der Waals surface area contributed by atoms with E-state index in [0.717, 1.165) is 33.5 Å². The number of thioether (sulfide) groups is 1. The van der Waals surface area contributed by atoms with Crippen molar-refractivity contribution in [2.24, 2.45) is 0 Å². The van der Waals surface area contributed by atoms with E-state index in [1.54, 1.807) is 23.9 Å². The first-order valence-corrected chi connectivity index (χ1v) is 11.1. The Labute approximate surface area is 179 Å². The number of H-pyrrole nitrogens is 1. The maximum atomic E-state index is 13.2. The second kappa shape index (κ2) is 8.75. The van der Waals surface area contributed by atoms with Crippen LogP contribution in [0.5, 0.6) is 0 Å². The van der Waals surface area contributed by atoms with E-state index in [1.165, 1.54) is 11.0 Å². The van der Waals surface area contributed by atoms with E-state index < -0.39 is 0 Å². The number of nitrogens with one attached hydrogen (secondary N) is 2. The molecule has 148 valence electrons. The number of aromatic amines is 1. The first-order valence-electron chi connectivity index (χ1n) is 8.93. The SMILES string of the molecule is CSCC[C@@H](NC(=O)c1cc(Br)ccc1-n1cnnn1)c1nc2ccccc2[nH]1. The Morgan fingerprint density at radius 2 is 2.17 bits per heavy atom. The van der Waals surface area contributed by atoms with Gasteiger partial charge in [-0.05, 0) is 59.2 Å². The van der Waals surface area contributed by atoms with Gasteiger partial charge in [0.2, 0.25) is 0 Å². The van der Waals surface area contributed by atoms with E-state index in [0.29, 0.717) is 11.3 Å². The fourth-order valence-electron chi connectivity index (χ4n) is 3.05. The van der Waals surface area contributed by atoms with Crippen molar-refractivity contribution >= 4 is 44.6 Å². The van der Waals surface area contributed by atoms with Gasteiger partial charge in [0.25, 0.3) is 5.91 Å². The van der Waals surface area contributed by atoms with Gasteiger partial charge in [-0.2, -0.15) is 16.4 Å². The van der Waals surface area contributed by atoms with Gasteiger partial charge < -0.3 is 10.3 Å². The van der Waals surface area contributed by atoms with Gasteiger partial charge in [0.15, 0.2) is 0 Å². The molecule has 4 rings (SSSR count). The molecule has 0 radical (unpaired) electrons. The molecule has 0 unspecified atom stereocenters. The van der Waals surface area contributed by atoms with Crippen LogP contribution in [0.25, 0.3) is 16.7 Å². The summed E-state index contributed by atoms with van der Waals surface area (Å²) >= 11 is 5.17. The number of halogens is 1. The number of aromatic nitrogens is 6. The van der Waals surface area contributed by atoms with Crippen LogP contribution in [0.2, 0.25) is 0 Å². The van der Waals surface area contributed by atoms with Gasteiger partial charge >= 0.3 is 0 Å². The molecule has 2 aromatic heterocycles. The van der Waals surface area contributed by atoms with Gasteiger partial charge in [-0.25, -0.2) is 4.98 Å². The van der Waals surface area contributed by atoms with Crippen molar-refractivity contribution in [1.29, 1.82) is 0 Å². The van der Waals surface area contributed by atoms with Crippen LogP contribution in [0.3, 0.4) is 0 Å². The topological polar surface area (TPSA) is 101 Å². The van der Waals surface area contributed by atoms with Crippen molar-refractivity contribution in [3.8, 4) is 5.69 Å². The Balaban J connectivity index is 1.66. The van der Waals surface area contributed by atoms with Gasteiger partial charge in [0.05, 0.1) is 28.3 Å². The van der Waals surface area contributed by atoms with E-state index in [-0.39, 0.29) is 11.9 Å². The third-order valence-corrected chi connectivity index (χ3v) is 5.59. The highest BCUT2D eigenvalue weighted by Gasteiger charge is 2.22. The summed E-state index contributed by atoms with van der Waals surface area (Å²) in [6, 6.07) is 13.0. The van der Waals surface area contributed by atoms with E-state index in [9.17, 15) is 4.79 Å². The molecule has 1 atom stereocenters. The van der Waals surface area contributed by atoms with E-state index in [4.69, 9.17) is 0 Å². The second-order valence-corrected chi connectivity index (χ2v) is 8.26. The predicted molar refractivity (Wildman–Crippen MR) is 116 cm³/mol. The third kappa shape index (κ3) is 4.33. The van der Waals surface area contributed by atoms with E-state index in [2.05, 4.69) is 46.7 Å². The summed E-state index contributed by atoms with van der Waals surface area (Å²) in [4.78, 5) is 21.2. The minimum atomic E-state index is -0.247. The standard InChI is InChI=1S/C19H18BrN7OS/c1-29-9-8-16(18-22-14-4-2-3-5-15(14)23-18)24-19(28)13-10-12(20)6-7-17(13)27-11-21-25-26-27/h2-7,10-11,16H,8-9H2,1H3,(H,22,23)(H,24,28)/t16-/m1/s1. The highest BCUT2D eigenvalue weighted by atomic mass is 79.9. The van der Waals surface area contributed by atoms with Gasteiger partial charge in [-0.15, -0.1) is 5.10 Å². The van der Waals surface area contributed by atoms with Gasteiger partial charge in [-0.3, -0.25) is 4.79 Å². The van der Waals surface area contributed by atoms with E-state index >= 15 is 0 Å². The number of imidazole rings is 1. The Hall–Kier alpha value is -2.72. The molecule has 8 nitrogen and oxygen atoms in total. The lowest BCUT2D eigenvalue weighted by atomic mass is 10.1. The molecule has 4 aromatic rings. The minimum absolute atomic E-state index is 0.219. The highest BCUT2D eigenvalue weighted by molar-refractivity contribution is 9.10. The molecule has 0 fully saturated rings. The molecule has 2 heterocycles. The smallest absolute Gasteiger partial charge is 0.254 e. The predicted octanol–water partition coefficient (Wildman–Crippen LogP) is 3.53. The molecule has 2 N–H and O–H groups in total. The molecule has 0 saturated heterocycles. The average molecular weight is 472 g/mol. The highest BCUT2D eigenvalue weighted by Crippen LogP contribution is 2.23. The Morgan fingerprint density at radius 3 is 2.93 bits per heavy atom. The lowest BCUT2D eigenvalue weighted by molar-refractivity contribution is 0.0934. The molecule has 1 amide bonds. The van der Waals surface area contributed by atoms with Crippen molar-refractivity contribution in [2.45, 2.75) is 12.5 Å². The zero-order valence-electron chi connectivity index (χ0n) is 15.5. The first-order chi connectivity index (χ1) is 14.2. The second-order valence-electron chi connectivity index (χ2n) is 6.36. The number of hydrogen-bond donors (Lipinski definition) is 2. The van der Waals surface area contributed by atoms with Crippen molar-refractivity contribution in [1.82, 2.24) is 35.5 Å². The molecular weight excluding hydrogens is 454 g/mol. The van der Waals surface area contributed by atoms with Crippen molar-refractivity contribution in [3.05, 3.63) is 64.7 Å². The number of tetrazole rings is 1. The largest absolute Gasteiger partial charge is 0.342 e. The van der Waals surface area contributed by atoms with Gasteiger partial charge in [0, 0.05) is 4.47 Å². The normalized spacial score (nSPS) is 12.2. The van der Waals surface area contributed by atoms with Crippen molar-refractivity contribution < 1.29 is 4.79 Å². The number of hydrogen-bond acceptors (Lipinski definition) is 6. The van der Waals surface area contributed by atoms with Crippen LogP contribution in [0.1, 0.15) is 28.6 Å². The fraction of sp³-hybridized carbons (Fsp3) is 0.211. The molecule has 0 bridgehead atoms.